The summed E-state index contributed by atoms with van der Waals surface area (Å²) in [6.07, 6.45) is 7.61. The first kappa shape index (κ1) is 15.2. The Morgan fingerprint density at radius 1 is 1.30 bits per heavy atom. The Hall–Kier alpha value is -2.70. The van der Waals surface area contributed by atoms with Crippen molar-refractivity contribution in [3.05, 3.63) is 48.4 Å². The summed E-state index contributed by atoms with van der Waals surface area (Å²) >= 11 is 0. The van der Waals surface area contributed by atoms with Gasteiger partial charge in [-0.15, -0.1) is 0 Å². The molecule has 1 atom stereocenters. The van der Waals surface area contributed by atoms with Gasteiger partial charge < -0.3 is 9.72 Å². The fourth-order valence-corrected chi connectivity index (χ4v) is 2.62. The average molecular weight is 312 g/mol. The molecule has 3 aromatic heterocycles. The van der Waals surface area contributed by atoms with Crippen LogP contribution in [-0.2, 0) is 7.05 Å². The third-order valence-corrected chi connectivity index (χ3v) is 3.72. The number of hydrogen-bond donors (Lipinski definition) is 1. The molecule has 0 bridgehead atoms. The molecule has 0 radical (unpaired) electrons. The van der Waals surface area contributed by atoms with E-state index in [0.29, 0.717) is 11.5 Å². The molecule has 0 aliphatic carbocycles. The summed E-state index contributed by atoms with van der Waals surface area (Å²) in [5.74, 6) is 1.05. The standard InChI is InChI=1S/C16H20N6O/c1-11(2)8-13(15-18-10-19-21(15)3)20-16(23)12-4-5-14-17-6-7-22(14)9-12/h4-7,9-11,13H,8H2,1-3H3,(H,20,23)/t13-/m1/s1. The molecule has 7 nitrogen and oxygen atoms in total. The number of amides is 1. The highest BCUT2D eigenvalue weighted by Gasteiger charge is 2.21. The Morgan fingerprint density at radius 3 is 2.83 bits per heavy atom. The summed E-state index contributed by atoms with van der Waals surface area (Å²) in [4.78, 5) is 21.1. The lowest BCUT2D eigenvalue weighted by molar-refractivity contribution is 0.0928. The van der Waals surface area contributed by atoms with E-state index in [1.807, 2.05) is 23.7 Å². The van der Waals surface area contributed by atoms with Crippen LogP contribution in [0.1, 0.15) is 42.5 Å². The predicted molar refractivity (Wildman–Crippen MR) is 85.9 cm³/mol. The SMILES string of the molecule is CC(C)C[C@@H](NC(=O)c1ccc2nccn2c1)c1ncnn1C. The molecular weight excluding hydrogens is 292 g/mol. The van der Waals surface area contributed by atoms with Gasteiger partial charge in [-0.25, -0.2) is 9.97 Å². The molecule has 1 N–H and O–H groups in total. The van der Waals surface area contributed by atoms with E-state index in [1.54, 1.807) is 23.1 Å². The molecule has 0 saturated carbocycles. The Labute approximate surface area is 134 Å². The lowest BCUT2D eigenvalue weighted by Gasteiger charge is -2.20. The van der Waals surface area contributed by atoms with E-state index >= 15 is 0 Å². The topological polar surface area (TPSA) is 77.1 Å². The highest BCUT2D eigenvalue weighted by Crippen LogP contribution is 2.19. The van der Waals surface area contributed by atoms with Gasteiger partial charge >= 0.3 is 0 Å². The second-order valence-corrected chi connectivity index (χ2v) is 6.01. The van der Waals surface area contributed by atoms with E-state index in [9.17, 15) is 4.79 Å². The van der Waals surface area contributed by atoms with Crippen molar-refractivity contribution in [3.63, 3.8) is 0 Å². The number of aryl methyl sites for hydroxylation is 1. The fraction of sp³-hybridized carbons (Fsp3) is 0.375. The van der Waals surface area contributed by atoms with Crippen LogP contribution in [0.4, 0.5) is 0 Å². The van der Waals surface area contributed by atoms with Crippen LogP contribution in [0, 0.1) is 5.92 Å². The van der Waals surface area contributed by atoms with E-state index in [4.69, 9.17) is 0 Å². The molecule has 23 heavy (non-hydrogen) atoms. The van der Waals surface area contributed by atoms with E-state index in [1.165, 1.54) is 6.33 Å². The lowest BCUT2D eigenvalue weighted by Crippen LogP contribution is -2.31. The van der Waals surface area contributed by atoms with Gasteiger partial charge in [-0.1, -0.05) is 13.8 Å². The molecule has 0 aromatic carbocycles. The molecule has 0 saturated heterocycles. The normalized spacial score (nSPS) is 12.7. The number of pyridine rings is 1. The molecule has 1 amide bonds. The zero-order valence-electron chi connectivity index (χ0n) is 13.5. The third-order valence-electron chi connectivity index (χ3n) is 3.72. The minimum atomic E-state index is -0.173. The zero-order chi connectivity index (χ0) is 16.4. The van der Waals surface area contributed by atoms with Gasteiger partial charge in [-0.05, 0) is 24.5 Å². The molecule has 3 heterocycles. The summed E-state index contributed by atoms with van der Waals surface area (Å²) in [5.41, 5.74) is 1.40. The van der Waals surface area contributed by atoms with Crippen molar-refractivity contribution in [2.24, 2.45) is 13.0 Å². The van der Waals surface area contributed by atoms with Crippen LogP contribution in [0.15, 0.2) is 37.1 Å². The van der Waals surface area contributed by atoms with Gasteiger partial charge in [0.1, 0.15) is 17.8 Å². The summed E-state index contributed by atoms with van der Waals surface area (Å²) < 4.78 is 3.53. The molecule has 0 aliphatic rings. The Morgan fingerprint density at radius 2 is 2.13 bits per heavy atom. The molecular formula is C16H20N6O. The Balaban J connectivity index is 1.83. The molecule has 120 valence electrons. The van der Waals surface area contributed by atoms with Crippen molar-refractivity contribution in [1.82, 2.24) is 29.5 Å². The quantitative estimate of drug-likeness (QED) is 0.781. The van der Waals surface area contributed by atoms with Gasteiger partial charge in [-0.2, -0.15) is 5.10 Å². The number of nitrogens with one attached hydrogen (secondary N) is 1. The number of rotatable bonds is 5. The summed E-state index contributed by atoms with van der Waals surface area (Å²) in [6.45, 7) is 4.24. The van der Waals surface area contributed by atoms with E-state index in [0.717, 1.165) is 17.9 Å². The van der Waals surface area contributed by atoms with Gasteiger partial charge in [-0.3, -0.25) is 9.48 Å². The second-order valence-electron chi connectivity index (χ2n) is 6.01. The molecule has 3 aromatic rings. The first-order chi connectivity index (χ1) is 11.0. The lowest BCUT2D eigenvalue weighted by atomic mass is 10.0. The maximum absolute atomic E-state index is 12.6. The van der Waals surface area contributed by atoms with Crippen molar-refractivity contribution in [2.45, 2.75) is 26.3 Å². The van der Waals surface area contributed by atoms with Gasteiger partial charge in [0, 0.05) is 25.6 Å². The summed E-state index contributed by atoms with van der Waals surface area (Å²) in [7, 11) is 1.83. The van der Waals surface area contributed by atoms with Crippen LogP contribution in [-0.4, -0.2) is 30.1 Å². The van der Waals surface area contributed by atoms with Crippen LogP contribution in [0.2, 0.25) is 0 Å². The first-order valence-electron chi connectivity index (χ1n) is 7.62. The minimum Gasteiger partial charge on any atom is -0.342 e. The van der Waals surface area contributed by atoms with Crippen LogP contribution in [0.3, 0.4) is 0 Å². The average Bonchev–Trinajstić information content (AvgIpc) is 3.13. The summed E-state index contributed by atoms with van der Waals surface area (Å²) in [5, 5.41) is 7.17. The van der Waals surface area contributed by atoms with Crippen LogP contribution in [0.25, 0.3) is 5.65 Å². The predicted octanol–water partition coefficient (Wildman–Crippen LogP) is 1.98. The van der Waals surface area contributed by atoms with E-state index < -0.39 is 0 Å². The highest BCUT2D eigenvalue weighted by molar-refractivity contribution is 5.94. The minimum absolute atomic E-state index is 0.130. The van der Waals surface area contributed by atoms with Crippen LogP contribution in [0.5, 0.6) is 0 Å². The Bertz CT molecular complexity index is 819. The van der Waals surface area contributed by atoms with Gasteiger partial charge in [0.05, 0.1) is 11.6 Å². The first-order valence-corrected chi connectivity index (χ1v) is 7.62. The molecule has 0 fully saturated rings. The monoisotopic (exact) mass is 312 g/mol. The second kappa shape index (κ2) is 6.20. The number of carbonyl (C=O) groups is 1. The van der Waals surface area contributed by atoms with Gasteiger partial charge in [0.25, 0.3) is 5.91 Å². The van der Waals surface area contributed by atoms with Crippen LogP contribution >= 0.6 is 0 Å². The number of nitrogens with zero attached hydrogens (tertiary/aromatic N) is 5. The molecule has 3 rings (SSSR count). The smallest absolute Gasteiger partial charge is 0.253 e. The van der Waals surface area contributed by atoms with Gasteiger partial charge in [0.15, 0.2) is 0 Å². The maximum Gasteiger partial charge on any atom is 0.253 e. The van der Waals surface area contributed by atoms with E-state index in [-0.39, 0.29) is 11.9 Å². The number of hydrogen-bond acceptors (Lipinski definition) is 4. The van der Waals surface area contributed by atoms with Crippen molar-refractivity contribution in [3.8, 4) is 0 Å². The largest absolute Gasteiger partial charge is 0.342 e. The van der Waals surface area contributed by atoms with Crippen LogP contribution < -0.4 is 5.32 Å². The fourth-order valence-electron chi connectivity index (χ4n) is 2.62. The molecule has 0 aliphatic heterocycles. The number of fused-ring (bicyclic) bond motifs is 1. The zero-order valence-corrected chi connectivity index (χ0v) is 13.5. The molecule has 0 spiro atoms. The number of imidazole rings is 1. The van der Waals surface area contributed by atoms with Crippen molar-refractivity contribution < 1.29 is 4.79 Å². The van der Waals surface area contributed by atoms with Gasteiger partial charge in [0.2, 0.25) is 0 Å². The summed E-state index contributed by atoms with van der Waals surface area (Å²) in [6, 6.07) is 3.43. The van der Waals surface area contributed by atoms with E-state index in [2.05, 4.69) is 34.2 Å². The Kier molecular flexibility index (Phi) is 4.10. The maximum atomic E-state index is 12.6. The number of aromatic nitrogens is 5. The molecule has 7 heteroatoms. The van der Waals surface area contributed by atoms with Crippen molar-refractivity contribution in [2.75, 3.05) is 0 Å². The molecule has 0 unspecified atom stereocenters. The van der Waals surface area contributed by atoms with Crippen molar-refractivity contribution >= 4 is 11.6 Å². The highest BCUT2D eigenvalue weighted by atomic mass is 16.1. The van der Waals surface area contributed by atoms with Crippen molar-refractivity contribution in [1.29, 1.82) is 0 Å². The number of carbonyl (C=O) groups excluding carboxylic acids is 1. The third kappa shape index (κ3) is 3.23.